The topological polar surface area (TPSA) is 63.6 Å². The van der Waals surface area contributed by atoms with Gasteiger partial charge >= 0.3 is 5.97 Å². The fourth-order valence-corrected chi connectivity index (χ4v) is 7.43. The van der Waals surface area contributed by atoms with Gasteiger partial charge in [0.15, 0.2) is 5.78 Å². The summed E-state index contributed by atoms with van der Waals surface area (Å²) in [5.41, 5.74) is 1.09. The van der Waals surface area contributed by atoms with E-state index in [4.69, 9.17) is 4.74 Å². The molecule has 4 rings (SSSR count). The maximum Gasteiger partial charge on any atom is 0.305 e. The van der Waals surface area contributed by atoms with E-state index in [1.54, 1.807) is 0 Å². The second kappa shape index (κ2) is 6.72. The molecule has 0 amide bonds. The first-order chi connectivity index (χ1) is 12.9. The average Bonchev–Trinajstić information content (AvgIpc) is 2.99. The Labute approximate surface area is 162 Å². The fraction of sp³-hybridized carbons (Fsp3) is 0.826. The van der Waals surface area contributed by atoms with Gasteiger partial charge in [0.2, 0.25) is 0 Å². The molecular formula is C23H34O4. The van der Waals surface area contributed by atoms with Gasteiger partial charge in [-0.15, -0.1) is 0 Å². The summed E-state index contributed by atoms with van der Waals surface area (Å²) in [6.45, 7) is 6.59. The van der Waals surface area contributed by atoms with Crippen molar-refractivity contribution in [3.8, 4) is 0 Å². The van der Waals surface area contributed by atoms with E-state index in [1.165, 1.54) is 5.57 Å². The first kappa shape index (κ1) is 19.2. The van der Waals surface area contributed by atoms with Crippen LogP contribution in [0.2, 0.25) is 0 Å². The Morgan fingerprint density at radius 2 is 2.04 bits per heavy atom. The van der Waals surface area contributed by atoms with Crippen molar-refractivity contribution in [2.75, 3.05) is 6.61 Å². The quantitative estimate of drug-likeness (QED) is 0.757. The molecule has 4 aliphatic carbocycles. The van der Waals surface area contributed by atoms with Gasteiger partial charge in [-0.25, -0.2) is 0 Å². The van der Waals surface area contributed by atoms with Gasteiger partial charge in [0, 0.05) is 23.7 Å². The molecule has 4 heteroatoms. The molecule has 0 saturated heterocycles. The summed E-state index contributed by atoms with van der Waals surface area (Å²) in [6.07, 6.45) is 9.03. The van der Waals surface area contributed by atoms with Crippen LogP contribution in [0.5, 0.6) is 0 Å². The summed E-state index contributed by atoms with van der Waals surface area (Å²) in [4.78, 5) is 24.0. The van der Waals surface area contributed by atoms with E-state index in [0.717, 1.165) is 38.5 Å². The van der Waals surface area contributed by atoms with Crippen molar-refractivity contribution in [2.45, 2.75) is 78.2 Å². The van der Waals surface area contributed by atoms with Gasteiger partial charge in [-0.05, 0) is 68.3 Å². The van der Waals surface area contributed by atoms with Crippen molar-refractivity contribution >= 4 is 11.8 Å². The van der Waals surface area contributed by atoms with Gasteiger partial charge in [-0.3, -0.25) is 9.59 Å². The lowest BCUT2D eigenvalue weighted by atomic mass is 9.45. The van der Waals surface area contributed by atoms with Crippen LogP contribution in [-0.2, 0) is 14.3 Å². The van der Waals surface area contributed by atoms with E-state index >= 15 is 0 Å². The number of ether oxygens (including phenoxy) is 1. The summed E-state index contributed by atoms with van der Waals surface area (Å²) in [5, 5.41) is 10.5. The molecule has 0 radical (unpaired) electrons. The predicted molar refractivity (Wildman–Crippen MR) is 103 cm³/mol. The molecule has 4 nitrogen and oxygen atoms in total. The predicted octanol–water partition coefficient (Wildman–Crippen LogP) is 4.06. The third kappa shape index (κ3) is 2.73. The zero-order valence-corrected chi connectivity index (χ0v) is 17.0. The molecule has 3 saturated carbocycles. The number of hydrogen-bond donors (Lipinski definition) is 1. The summed E-state index contributed by atoms with van der Waals surface area (Å²) >= 11 is 0. The molecule has 0 spiro atoms. The van der Waals surface area contributed by atoms with E-state index in [2.05, 4.69) is 13.8 Å². The Kier molecular flexibility index (Phi) is 4.77. The van der Waals surface area contributed by atoms with Crippen molar-refractivity contribution in [3.63, 3.8) is 0 Å². The summed E-state index contributed by atoms with van der Waals surface area (Å²) in [7, 11) is 0. The molecule has 3 fully saturated rings. The van der Waals surface area contributed by atoms with Crippen LogP contribution in [0.4, 0.5) is 0 Å². The van der Waals surface area contributed by atoms with Crippen molar-refractivity contribution < 1.29 is 19.4 Å². The van der Waals surface area contributed by atoms with E-state index in [1.807, 2.05) is 13.0 Å². The lowest BCUT2D eigenvalue weighted by Gasteiger charge is -2.59. The van der Waals surface area contributed by atoms with Crippen LogP contribution in [0.25, 0.3) is 0 Å². The van der Waals surface area contributed by atoms with Crippen LogP contribution in [-0.4, -0.2) is 29.6 Å². The molecule has 150 valence electrons. The number of hydrogen-bond acceptors (Lipinski definition) is 4. The van der Waals surface area contributed by atoms with Crippen LogP contribution < -0.4 is 0 Å². The highest BCUT2D eigenvalue weighted by atomic mass is 16.5. The highest BCUT2D eigenvalue weighted by molar-refractivity contribution is 5.91. The summed E-state index contributed by atoms with van der Waals surface area (Å²) in [6, 6.07) is 0. The number of esters is 1. The Morgan fingerprint density at radius 3 is 2.74 bits per heavy atom. The molecule has 2 unspecified atom stereocenters. The SMILES string of the molecule is CCC(=O)OC1CC[C@H]2[C@@H]3CC(C)C4=CC(=O)CC[C@]4(CO)[C@@H]3CC[C@]12C. The van der Waals surface area contributed by atoms with Crippen molar-refractivity contribution in [3.05, 3.63) is 11.6 Å². The van der Waals surface area contributed by atoms with Gasteiger partial charge in [0.05, 0.1) is 6.61 Å². The molecule has 4 aliphatic rings. The highest BCUT2D eigenvalue weighted by Crippen LogP contribution is 2.66. The minimum Gasteiger partial charge on any atom is -0.462 e. The minimum atomic E-state index is -0.199. The van der Waals surface area contributed by atoms with E-state index in [9.17, 15) is 14.7 Å². The standard InChI is InChI=1S/C23H34O4/c1-4-21(26)27-20-6-5-17-16-11-14(2)19-12-15(25)7-10-23(19,13-24)18(16)8-9-22(17,20)3/h12,14,16-18,20,24H,4-11,13H2,1-3H3/t14?,16-,17-,18+,20?,22-,23-/m0/s1. The maximum atomic E-state index is 12.1. The van der Waals surface area contributed by atoms with Crippen LogP contribution in [0.3, 0.4) is 0 Å². The first-order valence-corrected chi connectivity index (χ1v) is 10.9. The highest BCUT2D eigenvalue weighted by Gasteiger charge is 2.62. The lowest BCUT2D eigenvalue weighted by molar-refractivity contribution is -0.160. The van der Waals surface area contributed by atoms with Crippen LogP contribution >= 0.6 is 0 Å². The molecule has 0 aromatic heterocycles. The van der Waals surface area contributed by atoms with Gasteiger partial charge < -0.3 is 9.84 Å². The zero-order chi connectivity index (χ0) is 19.4. The molecule has 0 bridgehead atoms. The third-order valence-electron chi connectivity index (χ3n) is 8.77. The lowest BCUT2D eigenvalue weighted by Crippen LogP contribution is -2.55. The van der Waals surface area contributed by atoms with Gasteiger partial charge in [0.25, 0.3) is 0 Å². The Bertz CT molecular complexity index is 667. The number of rotatable bonds is 3. The Balaban J connectivity index is 1.66. The Morgan fingerprint density at radius 1 is 1.26 bits per heavy atom. The molecular weight excluding hydrogens is 340 g/mol. The Hall–Kier alpha value is -1.16. The fourth-order valence-electron chi connectivity index (χ4n) is 7.43. The molecule has 0 aliphatic heterocycles. The average molecular weight is 375 g/mol. The molecule has 0 aromatic carbocycles. The van der Waals surface area contributed by atoms with Crippen molar-refractivity contribution in [1.29, 1.82) is 0 Å². The van der Waals surface area contributed by atoms with Gasteiger partial charge in [-0.1, -0.05) is 26.3 Å². The molecule has 0 heterocycles. The van der Waals surface area contributed by atoms with Crippen LogP contribution in [0.15, 0.2) is 11.6 Å². The molecule has 27 heavy (non-hydrogen) atoms. The van der Waals surface area contributed by atoms with Crippen molar-refractivity contribution in [1.82, 2.24) is 0 Å². The summed E-state index contributed by atoms with van der Waals surface area (Å²) in [5.74, 6) is 2.06. The third-order valence-corrected chi connectivity index (χ3v) is 8.77. The van der Waals surface area contributed by atoms with Crippen molar-refractivity contribution in [2.24, 2.45) is 34.5 Å². The smallest absolute Gasteiger partial charge is 0.305 e. The zero-order valence-electron chi connectivity index (χ0n) is 17.0. The molecule has 1 N–H and O–H groups in total. The largest absolute Gasteiger partial charge is 0.462 e. The van der Waals surface area contributed by atoms with Gasteiger partial charge in [-0.2, -0.15) is 0 Å². The number of ketones is 1. The molecule has 0 aromatic rings. The minimum absolute atomic E-state index is 0.0427. The monoisotopic (exact) mass is 374 g/mol. The number of carbonyl (C=O) groups excluding carboxylic acids is 2. The second-order valence-electron chi connectivity index (χ2n) is 9.85. The van der Waals surface area contributed by atoms with Crippen LogP contribution in [0, 0.1) is 34.5 Å². The number of aliphatic hydroxyl groups is 1. The van der Waals surface area contributed by atoms with Gasteiger partial charge in [0.1, 0.15) is 6.10 Å². The maximum absolute atomic E-state index is 12.1. The number of fused-ring (bicyclic) bond motifs is 5. The first-order valence-electron chi connectivity index (χ1n) is 10.9. The van der Waals surface area contributed by atoms with E-state index < -0.39 is 0 Å². The van der Waals surface area contributed by atoms with E-state index in [0.29, 0.717) is 36.5 Å². The number of aliphatic hydroxyl groups excluding tert-OH is 1. The number of carbonyl (C=O) groups is 2. The summed E-state index contributed by atoms with van der Waals surface area (Å²) < 4.78 is 5.87. The normalized spacial score (nSPS) is 46.1. The molecule has 7 atom stereocenters. The van der Waals surface area contributed by atoms with E-state index in [-0.39, 0.29) is 35.3 Å². The van der Waals surface area contributed by atoms with Crippen LogP contribution in [0.1, 0.15) is 72.1 Å². The second-order valence-corrected chi connectivity index (χ2v) is 9.85.